The van der Waals surface area contributed by atoms with Gasteiger partial charge in [-0.15, -0.1) is 0 Å². The predicted octanol–water partition coefficient (Wildman–Crippen LogP) is 5.09. The average molecular weight is 300 g/mol. The second-order valence-corrected chi connectivity index (χ2v) is 6.28. The maximum Gasteiger partial charge on any atom is 0.0621 e. The van der Waals surface area contributed by atoms with Gasteiger partial charge in [-0.3, -0.25) is 4.90 Å². The summed E-state index contributed by atoms with van der Waals surface area (Å²) in [6.07, 6.45) is 2.28. The molecule has 110 valence electrons. The van der Waals surface area contributed by atoms with E-state index in [9.17, 15) is 0 Å². The highest BCUT2D eigenvalue weighted by Crippen LogP contribution is 2.39. The molecule has 2 heteroatoms. The molecule has 2 atom stereocenters. The lowest BCUT2D eigenvalue weighted by molar-refractivity contribution is 0.153. The van der Waals surface area contributed by atoms with E-state index < -0.39 is 0 Å². The Morgan fingerprint density at radius 2 is 1.76 bits per heavy atom. The molecule has 2 unspecified atom stereocenters. The smallest absolute Gasteiger partial charge is 0.0621 e. The molecule has 0 aliphatic carbocycles. The number of hydrogen-bond donors (Lipinski definition) is 0. The number of benzene rings is 2. The van der Waals surface area contributed by atoms with Crippen molar-refractivity contribution in [3.8, 4) is 0 Å². The average Bonchev–Trinajstić information content (AvgIpc) is 2.54. The minimum Gasteiger partial charge on any atom is -0.289 e. The van der Waals surface area contributed by atoms with Crippen LogP contribution < -0.4 is 0 Å². The van der Waals surface area contributed by atoms with Crippen LogP contribution in [0.2, 0.25) is 5.02 Å². The second-order valence-electron chi connectivity index (χ2n) is 5.87. The van der Waals surface area contributed by atoms with Gasteiger partial charge in [0.15, 0.2) is 0 Å². The highest BCUT2D eigenvalue weighted by Gasteiger charge is 2.31. The Labute approximate surface area is 132 Å². The van der Waals surface area contributed by atoms with Crippen molar-refractivity contribution in [1.82, 2.24) is 4.90 Å². The van der Waals surface area contributed by atoms with Crippen molar-refractivity contribution in [2.75, 3.05) is 6.54 Å². The molecular formula is C19H22ClN. The van der Waals surface area contributed by atoms with E-state index in [4.69, 9.17) is 11.6 Å². The Morgan fingerprint density at radius 3 is 2.48 bits per heavy atom. The maximum atomic E-state index is 6.51. The van der Waals surface area contributed by atoms with E-state index in [0.717, 1.165) is 24.4 Å². The topological polar surface area (TPSA) is 3.24 Å². The molecule has 0 saturated heterocycles. The zero-order valence-electron chi connectivity index (χ0n) is 12.7. The number of rotatable bonds is 3. The first-order chi connectivity index (χ1) is 10.2. The summed E-state index contributed by atoms with van der Waals surface area (Å²) < 4.78 is 0. The molecule has 0 aromatic heterocycles. The summed E-state index contributed by atoms with van der Waals surface area (Å²) in [5, 5.41) is 0.868. The number of halogens is 1. The Kier molecular flexibility index (Phi) is 4.32. The lowest BCUT2D eigenvalue weighted by Crippen LogP contribution is -2.41. The Balaban J connectivity index is 2.12. The minimum atomic E-state index is 0.276. The molecule has 0 bridgehead atoms. The summed E-state index contributed by atoms with van der Waals surface area (Å²) in [5.74, 6) is 0. The Hall–Kier alpha value is -1.31. The van der Waals surface area contributed by atoms with Gasteiger partial charge in [-0.25, -0.2) is 0 Å². The van der Waals surface area contributed by atoms with Crippen LogP contribution in [0, 0.1) is 0 Å². The van der Waals surface area contributed by atoms with Gasteiger partial charge in [0.05, 0.1) is 6.04 Å². The van der Waals surface area contributed by atoms with E-state index in [1.54, 1.807) is 0 Å². The molecule has 1 heterocycles. The van der Waals surface area contributed by atoms with Crippen LogP contribution in [0.3, 0.4) is 0 Å². The Morgan fingerprint density at radius 1 is 1.10 bits per heavy atom. The van der Waals surface area contributed by atoms with Crippen molar-refractivity contribution in [1.29, 1.82) is 0 Å². The first-order valence-electron chi connectivity index (χ1n) is 7.80. The zero-order valence-corrected chi connectivity index (χ0v) is 13.5. The maximum absolute atomic E-state index is 6.51. The molecule has 2 aromatic carbocycles. The van der Waals surface area contributed by atoms with Crippen molar-refractivity contribution < 1.29 is 0 Å². The van der Waals surface area contributed by atoms with Crippen molar-refractivity contribution in [2.45, 2.75) is 38.8 Å². The molecule has 1 aliphatic rings. The molecule has 1 aliphatic heterocycles. The molecule has 0 amide bonds. The van der Waals surface area contributed by atoms with Gasteiger partial charge < -0.3 is 0 Å². The summed E-state index contributed by atoms with van der Waals surface area (Å²) in [5.41, 5.74) is 4.10. The third-order valence-electron chi connectivity index (χ3n) is 4.68. The summed E-state index contributed by atoms with van der Waals surface area (Å²) >= 11 is 6.51. The van der Waals surface area contributed by atoms with Crippen molar-refractivity contribution >= 4 is 11.6 Å². The van der Waals surface area contributed by atoms with Crippen molar-refractivity contribution in [3.05, 3.63) is 70.2 Å². The Bertz CT molecular complexity index is 622. The van der Waals surface area contributed by atoms with Crippen LogP contribution in [0.25, 0.3) is 0 Å². The van der Waals surface area contributed by atoms with E-state index in [0.29, 0.717) is 6.04 Å². The molecule has 21 heavy (non-hydrogen) atoms. The van der Waals surface area contributed by atoms with Gasteiger partial charge >= 0.3 is 0 Å². The van der Waals surface area contributed by atoms with Gasteiger partial charge in [-0.05, 0) is 42.5 Å². The molecule has 2 aromatic rings. The van der Waals surface area contributed by atoms with Gasteiger partial charge in [0.25, 0.3) is 0 Å². The first-order valence-corrected chi connectivity index (χ1v) is 8.18. The third kappa shape index (κ3) is 2.73. The van der Waals surface area contributed by atoms with Gasteiger partial charge in [0.2, 0.25) is 0 Å². The van der Waals surface area contributed by atoms with Gasteiger partial charge in [-0.1, -0.05) is 61.0 Å². The van der Waals surface area contributed by atoms with E-state index in [1.807, 2.05) is 12.1 Å². The highest BCUT2D eigenvalue weighted by molar-refractivity contribution is 6.31. The zero-order chi connectivity index (χ0) is 14.8. The number of fused-ring (bicyclic) bond motifs is 1. The van der Waals surface area contributed by atoms with Crippen LogP contribution >= 0.6 is 11.6 Å². The largest absolute Gasteiger partial charge is 0.289 e. The molecule has 0 fully saturated rings. The summed E-state index contributed by atoms with van der Waals surface area (Å²) in [4.78, 5) is 2.60. The SMILES string of the molecule is CCC(C)N1CCc2ccccc2C1c1ccccc1Cl. The standard InChI is InChI=1S/C19H22ClN/c1-3-14(2)21-13-12-15-8-4-5-9-16(15)19(21)17-10-6-7-11-18(17)20/h4-11,14,19H,3,12-13H2,1-2H3. The second kappa shape index (κ2) is 6.21. The first kappa shape index (κ1) is 14.6. The fourth-order valence-electron chi connectivity index (χ4n) is 3.34. The van der Waals surface area contributed by atoms with E-state index in [2.05, 4.69) is 55.1 Å². The molecule has 3 rings (SSSR count). The van der Waals surface area contributed by atoms with E-state index in [-0.39, 0.29) is 6.04 Å². The molecule has 0 N–H and O–H groups in total. The fraction of sp³-hybridized carbons (Fsp3) is 0.368. The monoisotopic (exact) mass is 299 g/mol. The summed E-state index contributed by atoms with van der Waals surface area (Å²) in [7, 11) is 0. The van der Waals surface area contributed by atoms with Gasteiger partial charge in [0.1, 0.15) is 0 Å². The van der Waals surface area contributed by atoms with Crippen LogP contribution in [0.4, 0.5) is 0 Å². The predicted molar refractivity (Wildman–Crippen MR) is 89.9 cm³/mol. The highest BCUT2D eigenvalue weighted by atomic mass is 35.5. The van der Waals surface area contributed by atoms with E-state index >= 15 is 0 Å². The normalized spacial score (nSPS) is 20.0. The molecule has 0 saturated carbocycles. The van der Waals surface area contributed by atoms with Crippen molar-refractivity contribution in [2.24, 2.45) is 0 Å². The third-order valence-corrected chi connectivity index (χ3v) is 5.02. The summed E-state index contributed by atoms with van der Waals surface area (Å²) in [6.45, 7) is 5.68. The molecule has 1 nitrogen and oxygen atoms in total. The van der Waals surface area contributed by atoms with Crippen molar-refractivity contribution in [3.63, 3.8) is 0 Å². The molecular weight excluding hydrogens is 278 g/mol. The van der Waals surface area contributed by atoms with Gasteiger partial charge in [-0.2, -0.15) is 0 Å². The van der Waals surface area contributed by atoms with Crippen LogP contribution in [0.15, 0.2) is 48.5 Å². The van der Waals surface area contributed by atoms with Crippen LogP contribution in [0.1, 0.15) is 43.0 Å². The summed E-state index contributed by atoms with van der Waals surface area (Å²) in [6, 6.07) is 17.9. The lowest BCUT2D eigenvalue weighted by atomic mass is 9.87. The molecule has 0 radical (unpaired) electrons. The minimum absolute atomic E-state index is 0.276. The van der Waals surface area contributed by atoms with Crippen LogP contribution in [0.5, 0.6) is 0 Å². The lowest BCUT2D eigenvalue weighted by Gasteiger charge is -2.41. The number of nitrogens with zero attached hydrogens (tertiary/aromatic N) is 1. The van der Waals surface area contributed by atoms with Crippen LogP contribution in [-0.2, 0) is 6.42 Å². The van der Waals surface area contributed by atoms with E-state index in [1.165, 1.54) is 16.7 Å². The quantitative estimate of drug-likeness (QED) is 0.763. The van der Waals surface area contributed by atoms with Gasteiger partial charge in [0, 0.05) is 17.6 Å². The molecule has 0 spiro atoms. The number of hydrogen-bond acceptors (Lipinski definition) is 1. The van der Waals surface area contributed by atoms with Crippen LogP contribution in [-0.4, -0.2) is 17.5 Å². The fourth-order valence-corrected chi connectivity index (χ4v) is 3.58.